The summed E-state index contributed by atoms with van der Waals surface area (Å²) in [5, 5.41) is 13.9. The van der Waals surface area contributed by atoms with E-state index in [-0.39, 0.29) is 18.9 Å². The second-order valence-electron chi connectivity index (χ2n) is 6.66. The number of aromatic nitrogens is 1. The molecular formula is C19H25N3O5S2. The summed E-state index contributed by atoms with van der Waals surface area (Å²) in [4.78, 5) is 38.1. The molecule has 8 nitrogen and oxygen atoms in total. The van der Waals surface area contributed by atoms with E-state index in [4.69, 9.17) is 9.84 Å². The monoisotopic (exact) mass is 439 g/mol. The molecule has 1 aromatic rings. The molecule has 0 saturated heterocycles. The third kappa shape index (κ3) is 12.6. The first-order chi connectivity index (χ1) is 13.7. The fourth-order valence-corrected chi connectivity index (χ4v) is 3.65. The Labute approximate surface area is 178 Å². The second kappa shape index (κ2) is 13.0. The average Bonchev–Trinajstić information content (AvgIpc) is 2.63. The fourth-order valence-electron chi connectivity index (χ4n) is 1.76. The number of carboxylic acid groups (broad SMARTS) is 1. The van der Waals surface area contributed by atoms with E-state index in [1.807, 2.05) is 0 Å². The number of pyridine rings is 1. The lowest BCUT2D eigenvalue weighted by Gasteiger charge is -2.18. The molecule has 3 N–H and O–H groups in total. The van der Waals surface area contributed by atoms with Crippen molar-refractivity contribution in [2.45, 2.75) is 32.8 Å². The molecule has 10 heteroatoms. The minimum Gasteiger partial charge on any atom is -0.481 e. The number of carbonyl (C=O) groups is 3. The van der Waals surface area contributed by atoms with Crippen molar-refractivity contribution in [1.82, 2.24) is 15.6 Å². The van der Waals surface area contributed by atoms with Gasteiger partial charge in [-0.05, 0) is 26.8 Å². The van der Waals surface area contributed by atoms with E-state index in [9.17, 15) is 14.4 Å². The van der Waals surface area contributed by atoms with Gasteiger partial charge in [0, 0.05) is 36.0 Å². The highest BCUT2D eigenvalue weighted by Gasteiger charge is 2.15. The van der Waals surface area contributed by atoms with Crippen LogP contribution in [0.4, 0.5) is 4.79 Å². The van der Waals surface area contributed by atoms with Gasteiger partial charge < -0.3 is 20.5 Å². The summed E-state index contributed by atoms with van der Waals surface area (Å²) in [5.41, 5.74) is 0.376. The third-order valence-electron chi connectivity index (χ3n) is 2.91. The number of alkyl carbamates (subject to hydrolysis) is 1. The minimum absolute atomic E-state index is 0.113. The molecule has 0 spiro atoms. The van der Waals surface area contributed by atoms with Crippen LogP contribution >= 0.6 is 21.6 Å². The van der Waals surface area contributed by atoms with Gasteiger partial charge in [0.05, 0.1) is 18.5 Å². The van der Waals surface area contributed by atoms with Crippen LogP contribution in [0.15, 0.2) is 18.5 Å². The van der Waals surface area contributed by atoms with Gasteiger partial charge in [0.2, 0.25) is 0 Å². The Morgan fingerprint density at radius 1 is 1.17 bits per heavy atom. The van der Waals surface area contributed by atoms with Crippen molar-refractivity contribution in [3.8, 4) is 11.8 Å². The van der Waals surface area contributed by atoms with E-state index < -0.39 is 17.7 Å². The standard InChI is InChI=1S/C19H25N3O5S2/c1-19(2,3)27-18(26)22-7-4-5-14-11-15(13-20-12-14)17(25)21-8-10-29-28-9-6-16(23)24/h11-13H,6-10H2,1-3H3,(H,21,25)(H,22,26)(H,23,24). The molecule has 0 bridgehead atoms. The zero-order chi connectivity index (χ0) is 21.7. The zero-order valence-electron chi connectivity index (χ0n) is 16.6. The Morgan fingerprint density at radius 3 is 2.59 bits per heavy atom. The van der Waals surface area contributed by atoms with Crippen LogP contribution in [-0.4, -0.2) is 58.3 Å². The quantitative estimate of drug-likeness (QED) is 0.305. The SMILES string of the molecule is CC(C)(C)OC(=O)NCC#Cc1cncc(C(=O)NCCSSCCC(=O)O)c1. The molecule has 0 aliphatic rings. The van der Waals surface area contributed by atoms with Crippen LogP contribution in [0.2, 0.25) is 0 Å². The lowest BCUT2D eigenvalue weighted by atomic mass is 10.2. The highest BCUT2D eigenvalue weighted by Crippen LogP contribution is 2.20. The molecular weight excluding hydrogens is 414 g/mol. The number of aliphatic carboxylic acids is 1. The third-order valence-corrected chi connectivity index (χ3v) is 5.31. The summed E-state index contributed by atoms with van der Waals surface area (Å²) >= 11 is 0. The Bertz CT molecular complexity index is 769. The van der Waals surface area contributed by atoms with Gasteiger partial charge in [-0.1, -0.05) is 33.4 Å². The van der Waals surface area contributed by atoms with Gasteiger partial charge in [0.25, 0.3) is 5.91 Å². The number of carbonyl (C=O) groups excluding carboxylic acids is 2. The van der Waals surface area contributed by atoms with Crippen molar-refractivity contribution in [3.05, 3.63) is 29.6 Å². The molecule has 0 aliphatic carbocycles. The van der Waals surface area contributed by atoms with E-state index >= 15 is 0 Å². The minimum atomic E-state index is -0.817. The van der Waals surface area contributed by atoms with Gasteiger partial charge in [0.1, 0.15) is 5.60 Å². The topological polar surface area (TPSA) is 118 Å². The Morgan fingerprint density at radius 2 is 1.90 bits per heavy atom. The van der Waals surface area contributed by atoms with E-state index in [0.29, 0.717) is 29.2 Å². The van der Waals surface area contributed by atoms with Crippen molar-refractivity contribution < 1.29 is 24.2 Å². The van der Waals surface area contributed by atoms with Crippen LogP contribution in [0.3, 0.4) is 0 Å². The van der Waals surface area contributed by atoms with Crippen LogP contribution < -0.4 is 10.6 Å². The molecule has 1 rings (SSSR count). The summed E-state index contributed by atoms with van der Waals surface area (Å²) in [6.07, 6.45) is 2.56. The number of hydrogen-bond donors (Lipinski definition) is 3. The molecule has 0 radical (unpaired) electrons. The number of ether oxygens (including phenoxy) is 1. The molecule has 29 heavy (non-hydrogen) atoms. The molecule has 0 unspecified atom stereocenters. The van der Waals surface area contributed by atoms with Gasteiger partial charge in [-0.2, -0.15) is 0 Å². The fraction of sp³-hybridized carbons (Fsp3) is 0.474. The van der Waals surface area contributed by atoms with Crippen molar-refractivity contribution >= 4 is 39.6 Å². The Kier molecular flexibility index (Phi) is 11.0. The lowest BCUT2D eigenvalue weighted by Crippen LogP contribution is -2.32. The molecule has 0 saturated carbocycles. The predicted molar refractivity (Wildman–Crippen MR) is 115 cm³/mol. The molecule has 158 valence electrons. The first-order valence-electron chi connectivity index (χ1n) is 8.82. The smallest absolute Gasteiger partial charge is 0.408 e. The lowest BCUT2D eigenvalue weighted by molar-refractivity contribution is -0.136. The van der Waals surface area contributed by atoms with Crippen LogP contribution in [-0.2, 0) is 9.53 Å². The van der Waals surface area contributed by atoms with Crippen LogP contribution in [0, 0.1) is 11.8 Å². The summed E-state index contributed by atoms with van der Waals surface area (Å²) in [6.45, 7) is 5.90. The van der Waals surface area contributed by atoms with Gasteiger partial charge in [-0.15, -0.1) is 0 Å². The van der Waals surface area contributed by atoms with Crippen molar-refractivity contribution in [2.24, 2.45) is 0 Å². The number of rotatable bonds is 9. The molecule has 0 fully saturated rings. The van der Waals surface area contributed by atoms with E-state index in [1.54, 1.807) is 26.8 Å². The largest absolute Gasteiger partial charge is 0.481 e. The van der Waals surface area contributed by atoms with Gasteiger partial charge >= 0.3 is 12.1 Å². The molecule has 2 amide bonds. The maximum atomic E-state index is 12.2. The number of nitrogens with one attached hydrogen (secondary N) is 2. The first-order valence-corrected chi connectivity index (χ1v) is 11.3. The Hall–Kier alpha value is -2.38. The molecule has 1 heterocycles. The first kappa shape index (κ1) is 24.7. The van der Waals surface area contributed by atoms with Gasteiger partial charge in [-0.25, -0.2) is 4.79 Å². The second-order valence-corrected chi connectivity index (χ2v) is 9.37. The summed E-state index contributed by atoms with van der Waals surface area (Å²) in [5.74, 6) is 5.74. The van der Waals surface area contributed by atoms with Crippen molar-refractivity contribution in [3.63, 3.8) is 0 Å². The number of hydrogen-bond acceptors (Lipinski definition) is 7. The van der Waals surface area contributed by atoms with Crippen LogP contribution in [0.25, 0.3) is 0 Å². The number of nitrogens with zero attached hydrogens (tertiary/aromatic N) is 1. The molecule has 0 aromatic carbocycles. The molecule has 0 atom stereocenters. The van der Waals surface area contributed by atoms with Gasteiger partial charge in [0.15, 0.2) is 0 Å². The van der Waals surface area contributed by atoms with E-state index in [0.717, 1.165) is 0 Å². The maximum absolute atomic E-state index is 12.2. The number of carboxylic acids is 1. The summed E-state index contributed by atoms with van der Waals surface area (Å²) in [6, 6.07) is 1.62. The van der Waals surface area contributed by atoms with Crippen molar-refractivity contribution in [2.75, 3.05) is 24.6 Å². The maximum Gasteiger partial charge on any atom is 0.408 e. The summed E-state index contributed by atoms with van der Waals surface area (Å²) < 4.78 is 5.11. The normalized spacial score (nSPS) is 10.4. The average molecular weight is 440 g/mol. The zero-order valence-corrected chi connectivity index (χ0v) is 18.2. The van der Waals surface area contributed by atoms with Crippen molar-refractivity contribution in [1.29, 1.82) is 0 Å². The molecule has 0 aliphatic heterocycles. The highest BCUT2D eigenvalue weighted by atomic mass is 33.1. The Balaban J connectivity index is 2.37. The van der Waals surface area contributed by atoms with E-state index in [2.05, 4.69) is 27.5 Å². The number of amides is 2. The molecule has 1 aromatic heterocycles. The van der Waals surface area contributed by atoms with Gasteiger partial charge in [-0.3, -0.25) is 14.6 Å². The highest BCUT2D eigenvalue weighted by molar-refractivity contribution is 8.76. The summed E-state index contributed by atoms with van der Waals surface area (Å²) in [7, 11) is 2.97. The van der Waals surface area contributed by atoms with Crippen LogP contribution in [0.1, 0.15) is 43.1 Å². The van der Waals surface area contributed by atoms with Crippen LogP contribution in [0.5, 0.6) is 0 Å². The predicted octanol–water partition coefficient (Wildman–Crippen LogP) is 2.54. The van der Waals surface area contributed by atoms with E-state index in [1.165, 1.54) is 34.0 Å².